The second-order valence-electron chi connectivity index (χ2n) is 18.5. The second-order valence-corrected chi connectivity index (χ2v) is 18.5. The van der Waals surface area contributed by atoms with Crippen molar-refractivity contribution in [3.63, 3.8) is 0 Å². The first-order valence-corrected chi connectivity index (χ1v) is 20.5. The van der Waals surface area contributed by atoms with Gasteiger partial charge in [0.25, 0.3) is 0 Å². The van der Waals surface area contributed by atoms with Crippen LogP contribution in [0.2, 0.25) is 0 Å². The van der Waals surface area contributed by atoms with E-state index in [1.807, 2.05) is 30.3 Å². The van der Waals surface area contributed by atoms with Crippen molar-refractivity contribution in [2.75, 3.05) is 0 Å². The van der Waals surface area contributed by atoms with E-state index in [1.54, 1.807) is 0 Å². The summed E-state index contributed by atoms with van der Waals surface area (Å²) >= 11 is 0. The summed E-state index contributed by atoms with van der Waals surface area (Å²) < 4.78 is 0. The average molecular weight is 710 g/mol. The molecule has 1 aromatic heterocycles. The Morgan fingerprint density at radius 3 is 1.37 bits per heavy atom. The molecule has 54 heavy (non-hydrogen) atoms. The van der Waals surface area contributed by atoms with E-state index in [0.29, 0.717) is 28.6 Å². The van der Waals surface area contributed by atoms with Crippen LogP contribution in [0, 0.1) is 58.2 Å². The molecule has 0 amide bonds. The van der Waals surface area contributed by atoms with Crippen molar-refractivity contribution in [2.45, 2.75) is 103 Å². The zero-order chi connectivity index (χ0) is 37.2. The molecule has 0 N–H and O–H groups in total. The highest BCUT2D eigenvalue weighted by Crippen LogP contribution is 2.55. The number of rotatable bonds is 5. The van der Waals surface area contributed by atoms with Crippen LogP contribution >= 0.6 is 0 Å². The van der Waals surface area contributed by atoms with Gasteiger partial charge in [0, 0.05) is 16.7 Å². The highest BCUT2D eigenvalue weighted by atomic mass is 15.0. The van der Waals surface area contributed by atoms with Crippen LogP contribution in [0.1, 0.15) is 114 Å². The van der Waals surface area contributed by atoms with Gasteiger partial charge in [-0.25, -0.2) is 15.0 Å². The van der Waals surface area contributed by atoms with Crippen molar-refractivity contribution >= 4 is 10.8 Å². The molecule has 4 bridgehead atoms. The molecule has 2 unspecified atom stereocenters. The van der Waals surface area contributed by atoms with E-state index in [0.717, 1.165) is 63.0 Å². The van der Waals surface area contributed by atoms with Crippen LogP contribution in [-0.2, 0) is 10.8 Å². The molecule has 9 rings (SSSR count). The maximum atomic E-state index is 10.0. The number of nitrogens with zero attached hydrogens (tertiary/aromatic N) is 5. The maximum absolute atomic E-state index is 10.0. The molecule has 5 heteroatoms. The Kier molecular flexibility index (Phi) is 8.69. The van der Waals surface area contributed by atoms with Crippen LogP contribution < -0.4 is 0 Å². The van der Waals surface area contributed by atoms with E-state index < -0.39 is 0 Å². The zero-order valence-electron chi connectivity index (χ0n) is 32.3. The first-order chi connectivity index (χ1) is 26.1. The van der Waals surface area contributed by atoms with Crippen LogP contribution in [0.15, 0.2) is 78.9 Å². The SMILES string of the molecule is C[C@@H]1C[C@@H]2C[C@H](C)CC(c3ccc(-c4nc(-c5ccc(C67C[C@H](C)C[C@H](C[C@H](C)C6)C7)cc5)nc(-c5cc(C#N)cc6cc(C#N)ccc56)n4)cc3)(C1)C2. The largest absolute Gasteiger partial charge is 0.208 e. The van der Waals surface area contributed by atoms with Gasteiger partial charge in [0.2, 0.25) is 0 Å². The van der Waals surface area contributed by atoms with Gasteiger partial charge in [0.15, 0.2) is 17.5 Å². The molecular formula is C49H51N5. The second kappa shape index (κ2) is 13.5. The summed E-state index contributed by atoms with van der Waals surface area (Å²) in [5, 5.41) is 21.4. The third-order valence-electron chi connectivity index (χ3n) is 13.9. The Morgan fingerprint density at radius 2 is 0.926 bits per heavy atom. The lowest BCUT2D eigenvalue weighted by molar-refractivity contribution is 0.0779. The van der Waals surface area contributed by atoms with Crippen molar-refractivity contribution in [3.05, 3.63) is 101 Å². The normalized spacial score (nSPS) is 30.3. The molecule has 4 aliphatic carbocycles. The van der Waals surface area contributed by atoms with Gasteiger partial charge in [-0.05, 0) is 157 Å². The molecule has 0 spiro atoms. The van der Waals surface area contributed by atoms with Gasteiger partial charge >= 0.3 is 0 Å². The number of benzene rings is 4. The summed E-state index contributed by atoms with van der Waals surface area (Å²) in [6, 6.07) is 32.1. The highest BCUT2D eigenvalue weighted by molar-refractivity contribution is 5.97. The van der Waals surface area contributed by atoms with Crippen molar-refractivity contribution in [1.82, 2.24) is 15.0 Å². The van der Waals surface area contributed by atoms with E-state index in [1.165, 1.54) is 75.3 Å². The molecule has 1 heterocycles. The lowest BCUT2D eigenvalue weighted by atomic mass is 9.54. The van der Waals surface area contributed by atoms with Gasteiger partial charge in [-0.3, -0.25) is 0 Å². The minimum Gasteiger partial charge on any atom is -0.208 e. The van der Waals surface area contributed by atoms with Crippen LogP contribution in [0.3, 0.4) is 0 Å². The fourth-order valence-corrected chi connectivity index (χ4v) is 12.5. The molecule has 0 saturated heterocycles. The van der Waals surface area contributed by atoms with Crippen molar-refractivity contribution < 1.29 is 0 Å². The third-order valence-corrected chi connectivity index (χ3v) is 13.9. The van der Waals surface area contributed by atoms with Gasteiger partial charge in [-0.2, -0.15) is 10.5 Å². The Labute approximate surface area is 320 Å². The predicted molar refractivity (Wildman–Crippen MR) is 216 cm³/mol. The van der Waals surface area contributed by atoms with Crippen molar-refractivity contribution in [2.24, 2.45) is 35.5 Å². The van der Waals surface area contributed by atoms with Gasteiger partial charge in [-0.15, -0.1) is 0 Å². The zero-order valence-corrected chi connectivity index (χ0v) is 32.3. The molecule has 4 saturated carbocycles. The molecule has 4 fully saturated rings. The van der Waals surface area contributed by atoms with Crippen LogP contribution in [0.4, 0.5) is 0 Å². The molecule has 272 valence electrons. The van der Waals surface area contributed by atoms with Crippen molar-refractivity contribution in [1.29, 1.82) is 10.5 Å². The monoisotopic (exact) mass is 709 g/mol. The fraction of sp³-hybridized carbons (Fsp3) is 0.449. The molecule has 0 radical (unpaired) electrons. The first-order valence-electron chi connectivity index (χ1n) is 20.5. The van der Waals surface area contributed by atoms with Gasteiger partial charge < -0.3 is 0 Å². The van der Waals surface area contributed by atoms with Crippen LogP contribution in [0.5, 0.6) is 0 Å². The van der Waals surface area contributed by atoms with Gasteiger partial charge in [0.05, 0.1) is 23.3 Å². The third kappa shape index (κ3) is 6.30. The Morgan fingerprint density at radius 1 is 0.500 bits per heavy atom. The molecule has 0 aliphatic heterocycles. The predicted octanol–water partition coefficient (Wildman–Crippen LogP) is 12.0. The molecule has 8 atom stereocenters. The summed E-state index contributed by atoms with van der Waals surface area (Å²) in [4.78, 5) is 15.5. The Hall–Kier alpha value is -4.87. The minimum absolute atomic E-state index is 0.250. The lowest BCUT2D eigenvalue weighted by Gasteiger charge is -2.50. The first kappa shape index (κ1) is 34.9. The summed E-state index contributed by atoms with van der Waals surface area (Å²) in [6.45, 7) is 9.78. The Balaban J connectivity index is 1.15. The topological polar surface area (TPSA) is 86.2 Å². The van der Waals surface area contributed by atoms with Gasteiger partial charge in [0.1, 0.15) is 0 Å². The maximum Gasteiger partial charge on any atom is 0.164 e. The summed E-state index contributed by atoms with van der Waals surface area (Å²) in [6.07, 6.45) is 13.1. The number of hydrogen-bond donors (Lipinski definition) is 0. The molecule has 4 aliphatic rings. The van der Waals surface area contributed by atoms with E-state index in [2.05, 4.69) is 88.4 Å². The van der Waals surface area contributed by atoms with E-state index in [4.69, 9.17) is 15.0 Å². The van der Waals surface area contributed by atoms with Gasteiger partial charge in [-0.1, -0.05) is 82.3 Å². The minimum atomic E-state index is 0.250. The number of nitriles is 2. The molecular weight excluding hydrogens is 659 g/mol. The fourth-order valence-electron chi connectivity index (χ4n) is 12.5. The number of fused-ring (bicyclic) bond motifs is 5. The lowest BCUT2D eigenvalue weighted by Crippen LogP contribution is -2.42. The Bertz CT molecular complexity index is 2160. The number of hydrogen-bond acceptors (Lipinski definition) is 5. The smallest absolute Gasteiger partial charge is 0.164 e. The average Bonchev–Trinajstić information content (AvgIpc) is 3.16. The van der Waals surface area contributed by atoms with E-state index in [9.17, 15) is 10.5 Å². The number of aromatic nitrogens is 3. The van der Waals surface area contributed by atoms with Crippen LogP contribution in [-0.4, -0.2) is 15.0 Å². The van der Waals surface area contributed by atoms with Crippen molar-refractivity contribution in [3.8, 4) is 46.3 Å². The molecule has 5 nitrogen and oxygen atoms in total. The summed E-state index contributed by atoms with van der Waals surface area (Å²) in [5.74, 6) is 6.44. The molecule has 5 aromatic rings. The quantitative estimate of drug-likeness (QED) is 0.181. The van der Waals surface area contributed by atoms with Crippen LogP contribution in [0.25, 0.3) is 44.9 Å². The highest BCUT2D eigenvalue weighted by Gasteiger charge is 2.46. The van der Waals surface area contributed by atoms with E-state index >= 15 is 0 Å². The van der Waals surface area contributed by atoms with E-state index in [-0.39, 0.29) is 10.8 Å². The standard InChI is InChI=1S/C49H51N5/c1-30-15-35-16-31(2)23-48(22-30,26-35)41-10-6-38(7-11-41)45-52-46(39-8-12-42(13-9-39)49-24-32(3)17-36(27-49)18-33(4)25-49)54-47(53-45)44-21-37(29-51)20-40-19-34(28-50)5-14-43(40)44/h5-14,19-21,30-33,35-36H,15-18,22-27H2,1-4H3/t30-,31+,32-,33+,35-,36-,48?,49?. The summed E-state index contributed by atoms with van der Waals surface area (Å²) in [7, 11) is 0. The molecule has 4 aromatic carbocycles. The summed E-state index contributed by atoms with van der Waals surface area (Å²) in [5.41, 5.74) is 7.16.